The molecule has 8 heteroatoms. The molecule has 0 radical (unpaired) electrons. The Balaban J connectivity index is 1.62. The van der Waals surface area contributed by atoms with Crippen LogP contribution in [0.15, 0.2) is 75.0 Å². The van der Waals surface area contributed by atoms with Crippen molar-refractivity contribution in [2.75, 3.05) is 7.11 Å². The molecule has 0 amide bonds. The van der Waals surface area contributed by atoms with Crippen LogP contribution < -0.4 is 15.0 Å². The summed E-state index contributed by atoms with van der Waals surface area (Å²) in [4.78, 5) is 17.8. The Labute approximate surface area is 210 Å². The fraction of sp³-hybridized carbons (Fsp3) is 0.192. The van der Waals surface area contributed by atoms with Gasteiger partial charge in [0, 0.05) is 15.9 Å². The number of methoxy groups -OCH3 is 1. The van der Waals surface area contributed by atoms with Crippen molar-refractivity contribution in [2.24, 2.45) is 5.10 Å². The Morgan fingerprint density at radius 2 is 1.88 bits per heavy atom. The number of aryl methyl sites for hydroxylation is 1. The minimum atomic E-state index is -0.208. The Morgan fingerprint density at radius 1 is 1.09 bits per heavy atom. The van der Waals surface area contributed by atoms with Gasteiger partial charge in [0.1, 0.15) is 12.4 Å². The first-order valence-electron chi connectivity index (χ1n) is 10.8. The Hall–Kier alpha value is -3.16. The highest BCUT2D eigenvalue weighted by Gasteiger charge is 2.11. The second kappa shape index (κ2) is 10.8. The summed E-state index contributed by atoms with van der Waals surface area (Å²) in [6, 6.07) is 18.5. The molecule has 0 aliphatic heterocycles. The molecule has 0 saturated carbocycles. The third-order valence-corrected chi connectivity index (χ3v) is 5.91. The number of rotatable bonds is 8. The molecule has 34 heavy (non-hydrogen) atoms. The molecule has 0 aliphatic carbocycles. The largest absolute Gasteiger partial charge is 0.493 e. The molecule has 4 aromatic rings. The number of hydrogen-bond donors (Lipinski definition) is 0. The van der Waals surface area contributed by atoms with Gasteiger partial charge in [0.25, 0.3) is 5.56 Å². The highest BCUT2D eigenvalue weighted by molar-refractivity contribution is 9.10. The van der Waals surface area contributed by atoms with E-state index in [4.69, 9.17) is 21.1 Å². The lowest BCUT2D eigenvalue weighted by molar-refractivity contribution is 0.284. The summed E-state index contributed by atoms with van der Waals surface area (Å²) < 4.78 is 13.6. The van der Waals surface area contributed by atoms with Gasteiger partial charge in [0.15, 0.2) is 11.5 Å². The van der Waals surface area contributed by atoms with Gasteiger partial charge in [-0.05, 0) is 66.1 Å². The first-order chi connectivity index (χ1) is 16.5. The number of benzene rings is 3. The zero-order valence-corrected chi connectivity index (χ0v) is 21.1. The maximum absolute atomic E-state index is 13.2. The molecule has 0 unspecified atom stereocenters. The van der Waals surface area contributed by atoms with Gasteiger partial charge in [-0.2, -0.15) is 9.78 Å². The average molecular weight is 541 g/mol. The standard InChI is InChI=1S/C26H23BrClN3O3/c1-3-4-25-30-22-11-8-19(27)14-21(22)26(32)31(25)29-15-18-7-12-23(24(13-18)33-2)34-16-17-5-9-20(28)10-6-17/h5-15H,3-4,16H2,1-2H3. The van der Waals surface area contributed by atoms with Crippen molar-refractivity contribution >= 4 is 44.6 Å². The first-order valence-corrected chi connectivity index (χ1v) is 12.0. The van der Waals surface area contributed by atoms with Gasteiger partial charge >= 0.3 is 0 Å². The quantitative estimate of drug-likeness (QED) is 0.248. The molecule has 3 aromatic carbocycles. The predicted molar refractivity (Wildman–Crippen MR) is 139 cm³/mol. The predicted octanol–water partition coefficient (Wildman–Crippen LogP) is 6.23. The molecule has 0 spiro atoms. The third kappa shape index (κ3) is 5.48. The van der Waals surface area contributed by atoms with Crippen molar-refractivity contribution in [3.8, 4) is 11.5 Å². The molecule has 6 nitrogen and oxygen atoms in total. The van der Waals surface area contributed by atoms with E-state index in [1.54, 1.807) is 19.4 Å². The molecule has 0 atom stereocenters. The minimum absolute atomic E-state index is 0.208. The first kappa shape index (κ1) is 24.0. The lowest BCUT2D eigenvalue weighted by Crippen LogP contribution is -2.22. The second-order valence-corrected chi connectivity index (χ2v) is 8.98. The number of fused-ring (bicyclic) bond motifs is 1. The topological polar surface area (TPSA) is 65.7 Å². The van der Waals surface area contributed by atoms with Crippen LogP contribution in [0.5, 0.6) is 11.5 Å². The van der Waals surface area contributed by atoms with Crippen LogP contribution in [-0.2, 0) is 13.0 Å². The van der Waals surface area contributed by atoms with Crippen LogP contribution in [0.25, 0.3) is 10.9 Å². The number of aromatic nitrogens is 2. The molecule has 4 rings (SSSR count). The van der Waals surface area contributed by atoms with Crippen molar-refractivity contribution in [3.05, 3.63) is 97.5 Å². The number of halogens is 2. The van der Waals surface area contributed by atoms with Crippen molar-refractivity contribution in [3.63, 3.8) is 0 Å². The average Bonchev–Trinajstić information content (AvgIpc) is 2.84. The Bertz CT molecular complexity index is 1400. The summed E-state index contributed by atoms with van der Waals surface area (Å²) in [6.07, 6.45) is 3.11. The molecule has 0 N–H and O–H groups in total. The summed E-state index contributed by atoms with van der Waals surface area (Å²) in [5.74, 6) is 1.80. The van der Waals surface area contributed by atoms with Gasteiger partial charge in [-0.15, -0.1) is 0 Å². The van der Waals surface area contributed by atoms with Gasteiger partial charge in [-0.1, -0.05) is 46.6 Å². The SMILES string of the molecule is CCCc1nc2ccc(Br)cc2c(=O)n1N=Cc1ccc(OCc2ccc(Cl)cc2)c(OC)c1. The summed E-state index contributed by atoms with van der Waals surface area (Å²) in [7, 11) is 1.58. The van der Waals surface area contributed by atoms with Gasteiger partial charge in [0.05, 0.1) is 24.2 Å². The van der Waals surface area contributed by atoms with Crippen LogP contribution in [0.3, 0.4) is 0 Å². The molecule has 0 aliphatic rings. The monoisotopic (exact) mass is 539 g/mol. The third-order valence-electron chi connectivity index (χ3n) is 5.17. The zero-order valence-electron chi connectivity index (χ0n) is 18.8. The molecule has 0 bridgehead atoms. The van der Waals surface area contributed by atoms with Crippen LogP contribution >= 0.6 is 27.5 Å². The van der Waals surface area contributed by atoms with Crippen molar-refractivity contribution < 1.29 is 9.47 Å². The molecule has 174 valence electrons. The van der Waals surface area contributed by atoms with E-state index < -0.39 is 0 Å². The van der Waals surface area contributed by atoms with E-state index in [-0.39, 0.29) is 5.56 Å². The lowest BCUT2D eigenvalue weighted by atomic mass is 10.2. The summed E-state index contributed by atoms with van der Waals surface area (Å²) in [5.41, 5.74) is 2.21. The van der Waals surface area contributed by atoms with E-state index in [0.29, 0.717) is 46.3 Å². The van der Waals surface area contributed by atoms with Crippen molar-refractivity contribution in [1.29, 1.82) is 0 Å². The number of hydrogen-bond acceptors (Lipinski definition) is 5. The highest BCUT2D eigenvalue weighted by Crippen LogP contribution is 2.28. The van der Waals surface area contributed by atoms with Crippen LogP contribution in [0.4, 0.5) is 0 Å². The van der Waals surface area contributed by atoms with Crippen molar-refractivity contribution in [1.82, 2.24) is 9.66 Å². The molecule has 0 saturated heterocycles. The molecule has 1 heterocycles. The maximum atomic E-state index is 13.2. The zero-order chi connectivity index (χ0) is 24.1. The van der Waals surface area contributed by atoms with Crippen LogP contribution in [0, 0.1) is 0 Å². The van der Waals surface area contributed by atoms with Crippen LogP contribution in [-0.4, -0.2) is 23.0 Å². The van der Waals surface area contributed by atoms with E-state index in [1.807, 2.05) is 61.5 Å². The van der Waals surface area contributed by atoms with E-state index in [0.717, 1.165) is 22.0 Å². The van der Waals surface area contributed by atoms with E-state index >= 15 is 0 Å². The summed E-state index contributed by atoms with van der Waals surface area (Å²) in [5, 5.41) is 5.66. The normalized spacial score (nSPS) is 11.3. The molecular weight excluding hydrogens is 518 g/mol. The summed E-state index contributed by atoms with van der Waals surface area (Å²) >= 11 is 9.36. The van der Waals surface area contributed by atoms with E-state index in [1.165, 1.54) is 4.68 Å². The Morgan fingerprint density at radius 3 is 2.62 bits per heavy atom. The minimum Gasteiger partial charge on any atom is -0.493 e. The molecular formula is C26H23BrClN3O3. The van der Waals surface area contributed by atoms with Crippen LogP contribution in [0.2, 0.25) is 5.02 Å². The smallest absolute Gasteiger partial charge is 0.282 e. The van der Waals surface area contributed by atoms with Crippen LogP contribution in [0.1, 0.15) is 30.3 Å². The number of ether oxygens (including phenoxy) is 2. The fourth-order valence-electron chi connectivity index (χ4n) is 3.45. The number of nitrogens with zero attached hydrogens (tertiary/aromatic N) is 3. The highest BCUT2D eigenvalue weighted by atomic mass is 79.9. The van der Waals surface area contributed by atoms with Gasteiger partial charge in [-0.25, -0.2) is 4.98 Å². The second-order valence-electron chi connectivity index (χ2n) is 7.63. The Kier molecular flexibility index (Phi) is 7.65. The van der Waals surface area contributed by atoms with E-state index in [9.17, 15) is 4.79 Å². The maximum Gasteiger partial charge on any atom is 0.282 e. The van der Waals surface area contributed by atoms with Gasteiger partial charge < -0.3 is 9.47 Å². The molecule has 1 aromatic heterocycles. The van der Waals surface area contributed by atoms with E-state index in [2.05, 4.69) is 26.0 Å². The summed E-state index contributed by atoms with van der Waals surface area (Å²) in [6.45, 7) is 2.43. The molecule has 0 fully saturated rings. The van der Waals surface area contributed by atoms with Gasteiger partial charge in [-0.3, -0.25) is 4.79 Å². The van der Waals surface area contributed by atoms with Crippen molar-refractivity contribution in [2.45, 2.75) is 26.4 Å². The lowest BCUT2D eigenvalue weighted by Gasteiger charge is -2.12. The van der Waals surface area contributed by atoms with Gasteiger partial charge in [0.2, 0.25) is 0 Å². The fourth-order valence-corrected chi connectivity index (χ4v) is 3.94.